The van der Waals surface area contributed by atoms with E-state index in [4.69, 9.17) is 13.9 Å². The average Bonchev–Trinajstić information content (AvgIpc) is 3.46. The van der Waals surface area contributed by atoms with Crippen molar-refractivity contribution in [2.24, 2.45) is 0 Å². The summed E-state index contributed by atoms with van der Waals surface area (Å²) in [5.74, 6) is -1.20. The molecule has 7 nitrogen and oxygen atoms in total. The van der Waals surface area contributed by atoms with Crippen molar-refractivity contribution in [2.75, 3.05) is 51.4 Å². The highest BCUT2D eigenvalue weighted by Gasteiger charge is 2.26. The second kappa shape index (κ2) is 10.9. The van der Waals surface area contributed by atoms with Crippen molar-refractivity contribution in [1.82, 2.24) is 9.88 Å². The predicted molar refractivity (Wildman–Crippen MR) is 133 cm³/mol. The number of methoxy groups -OCH3 is 1. The van der Waals surface area contributed by atoms with Crippen LogP contribution in [-0.4, -0.2) is 62.3 Å². The van der Waals surface area contributed by atoms with Gasteiger partial charge in [0.1, 0.15) is 11.3 Å². The first-order chi connectivity index (χ1) is 16.5. The molecule has 1 aliphatic rings. The zero-order valence-corrected chi connectivity index (χ0v) is 20.6. The Kier molecular flexibility index (Phi) is 7.85. The van der Waals surface area contributed by atoms with Gasteiger partial charge in [0.25, 0.3) is 5.91 Å². The Hall–Kier alpha value is -2.79. The van der Waals surface area contributed by atoms with E-state index in [0.29, 0.717) is 47.3 Å². The maximum atomic E-state index is 14.3. The van der Waals surface area contributed by atoms with Crippen molar-refractivity contribution in [2.45, 2.75) is 6.42 Å². The summed E-state index contributed by atoms with van der Waals surface area (Å²) in [4.78, 5) is 21.7. The van der Waals surface area contributed by atoms with Gasteiger partial charge in [-0.2, -0.15) is 0 Å². The van der Waals surface area contributed by atoms with Crippen LogP contribution in [0.3, 0.4) is 0 Å². The summed E-state index contributed by atoms with van der Waals surface area (Å²) in [7, 11) is 1.53. The Morgan fingerprint density at radius 3 is 2.80 bits per heavy atom. The van der Waals surface area contributed by atoms with Crippen LogP contribution < -0.4 is 9.64 Å². The molecule has 4 aromatic rings. The lowest BCUT2D eigenvalue weighted by Gasteiger charge is -2.27. The Balaban J connectivity index is 0.00000289. The van der Waals surface area contributed by atoms with E-state index in [0.717, 1.165) is 42.4 Å². The van der Waals surface area contributed by atoms with E-state index >= 15 is 0 Å². The van der Waals surface area contributed by atoms with Gasteiger partial charge in [0.2, 0.25) is 0 Å². The number of anilines is 1. The summed E-state index contributed by atoms with van der Waals surface area (Å²) in [6.45, 7) is 4.16. The lowest BCUT2D eigenvalue weighted by Crippen LogP contribution is -2.39. The zero-order valence-electron chi connectivity index (χ0n) is 19.0. The molecule has 186 valence electrons. The third-order valence-corrected chi connectivity index (χ3v) is 6.80. The lowest BCUT2D eigenvalue weighted by molar-refractivity contribution is 0.0376. The molecule has 0 atom stereocenters. The molecule has 35 heavy (non-hydrogen) atoms. The number of carbonyl (C=O) groups is 1. The van der Waals surface area contributed by atoms with Crippen LogP contribution in [0, 0.1) is 11.6 Å². The molecule has 1 saturated heterocycles. The molecule has 1 fully saturated rings. The van der Waals surface area contributed by atoms with Gasteiger partial charge in [-0.05, 0) is 24.6 Å². The van der Waals surface area contributed by atoms with Crippen molar-refractivity contribution in [1.29, 1.82) is 0 Å². The number of morpholine rings is 1. The SMILES string of the molecule is COc1cccc2cc(C(=O)N(CCCN3CCOCC3)c3nc4c(F)cc(F)cc4s3)oc12.Cl. The fourth-order valence-corrected chi connectivity index (χ4v) is 5.09. The highest BCUT2D eigenvalue weighted by molar-refractivity contribution is 7.22. The molecule has 1 aliphatic heterocycles. The molecule has 0 aliphatic carbocycles. The topological polar surface area (TPSA) is 68.0 Å². The van der Waals surface area contributed by atoms with Crippen molar-refractivity contribution in [3.63, 3.8) is 0 Å². The molecule has 0 bridgehead atoms. The molecule has 0 radical (unpaired) electrons. The number of rotatable bonds is 7. The number of halogens is 3. The smallest absolute Gasteiger partial charge is 0.295 e. The fraction of sp³-hybridized carbons (Fsp3) is 0.333. The van der Waals surface area contributed by atoms with Gasteiger partial charge in [0.15, 0.2) is 28.0 Å². The number of fused-ring (bicyclic) bond motifs is 2. The van der Waals surface area contributed by atoms with E-state index in [1.54, 1.807) is 12.1 Å². The van der Waals surface area contributed by atoms with Crippen molar-refractivity contribution < 1.29 is 27.5 Å². The minimum Gasteiger partial charge on any atom is -0.493 e. The minimum atomic E-state index is -0.758. The van der Waals surface area contributed by atoms with Crippen LogP contribution in [0.5, 0.6) is 5.75 Å². The number of aromatic nitrogens is 1. The third-order valence-electron chi connectivity index (χ3n) is 5.78. The second-order valence-corrected chi connectivity index (χ2v) is 8.99. The van der Waals surface area contributed by atoms with Gasteiger partial charge in [0, 0.05) is 37.6 Å². The number of amides is 1. The summed E-state index contributed by atoms with van der Waals surface area (Å²) in [6.07, 6.45) is 0.669. The van der Waals surface area contributed by atoms with Crippen LogP contribution in [0.1, 0.15) is 17.0 Å². The van der Waals surface area contributed by atoms with Gasteiger partial charge in [-0.3, -0.25) is 14.6 Å². The summed E-state index contributed by atoms with van der Waals surface area (Å²) in [5, 5.41) is 1.02. The summed E-state index contributed by atoms with van der Waals surface area (Å²) < 4.78 is 45.0. The van der Waals surface area contributed by atoms with Crippen molar-refractivity contribution in [3.8, 4) is 5.75 Å². The van der Waals surface area contributed by atoms with Gasteiger partial charge in [0.05, 0.1) is 25.0 Å². The molecule has 0 saturated carbocycles. The number of benzene rings is 2. The first-order valence-electron chi connectivity index (χ1n) is 11.0. The highest BCUT2D eigenvalue weighted by Crippen LogP contribution is 2.34. The molecule has 3 heterocycles. The number of hydrogen-bond acceptors (Lipinski definition) is 7. The maximum Gasteiger partial charge on any atom is 0.295 e. The summed E-state index contributed by atoms with van der Waals surface area (Å²) in [6, 6.07) is 9.07. The van der Waals surface area contributed by atoms with Gasteiger partial charge >= 0.3 is 0 Å². The van der Waals surface area contributed by atoms with E-state index in [1.807, 2.05) is 12.1 Å². The Morgan fingerprint density at radius 2 is 2.03 bits per heavy atom. The first-order valence-corrected chi connectivity index (χ1v) is 11.8. The number of para-hydroxylation sites is 1. The molecule has 0 spiro atoms. The average molecular weight is 524 g/mol. The first kappa shape index (κ1) is 25.3. The van der Waals surface area contributed by atoms with Crippen LogP contribution in [0.25, 0.3) is 21.2 Å². The van der Waals surface area contributed by atoms with Gasteiger partial charge in [-0.25, -0.2) is 13.8 Å². The van der Waals surface area contributed by atoms with E-state index in [-0.39, 0.29) is 23.7 Å². The zero-order chi connectivity index (χ0) is 23.7. The number of hydrogen-bond donors (Lipinski definition) is 0. The number of nitrogens with zero attached hydrogens (tertiary/aromatic N) is 3. The maximum absolute atomic E-state index is 14.3. The second-order valence-electron chi connectivity index (χ2n) is 7.98. The number of furan rings is 1. The van der Waals surface area contributed by atoms with Gasteiger partial charge in [-0.15, -0.1) is 12.4 Å². The molecular formula is C24H24ClF2N3O4S. The monoisotopic (exact) mass is 523 g/mol. The van der Waals surface area contributed by atoms with E-state index in [2.05, 4.69) is 9.88 Å². The van der Waals surface area contributed by atoms with Gasteiger partial charge < -0.3 is 13.9 Å². The molecular weight excluding hydrogens is 500 g/mol. The molecule has 1 amide bonds. The number of carbonyl (C=O) groups excluding carboxylic acids is 1. The van der Waals surface area contributed by atoms with Crippen LogP contribution in [0.4, 0.5) is 13.9 Å². The minimum absolute atomic E-state index is 0. The normalized spacial score (nSPS) is 14.3. The van der Waals surface area contributed by atoms with Crippen molar-refractivity contribution in [3.05, 3.63) is 53.8 Å². The van der Waals surface area contributed by atoms with Crippen molar-refractivity contribution >= 4 is 56.0 Å². The van der Waals surface area contributed by atoms with E-state index < -0.39 is 17.5 Å². The van der Waals surface area contributed by atoms with E-state index in [1.165, 1.54) is 18.1 Å². The van der Waals surface area contributed by atoms with Crippen LogP contribution in [0.15, 0.2) is 40.8 Å². The molecule has 0 N–H and O–H groups in total. The standard InChI is InChI=1S/C24H23F2N3O4S.ClH/c1-31-18-5-2-4-15-12-19(33-22(15)18)23(30)29(7-3-6-28-8-10-32-11-9-28)24-27-21-17(26)13-16(25)14-20(21)34-24;/h2,4-5,12-14H,3,6-11H2,1H3;1H. The van der Waals surface area contributed by atoms with E-state index in [9.17, 15) is 13.6 Å². The Morgan fingerprint density at radius 1 is 1.23 bits per heavy atom. The predicted octanol–water partition coefficient (Wildman–Crippen LogP) is 5.12. The third kappa shape index (κ3) is 5.25. The highest BCUT2D eigenvalue weighted by atomic mass is 35.5. The quantitative estimate of drug-likeness (QED) is 0.335. The van der Waals surface area contributed by atoms with Crippen LogP contribution in [0.2, 0.25) is 0 Å². The molecule has 2 aromatic heterocycles. The number of ether oxygens (including phenoxy) is 2. The summed E-state index contributed by atoms with van der Waals surface area (Å²) in [5.41, 5.74) is 0.512. The van der Waals surface area contributed by atoms with Crippen LogP contribution >= 0.6 is 23.7 Å². The Bertz CT molecular complexity index is 1340. The lowest BCUT2D eigenvalue weighted by atomic mass is 10.2. The number of thiazole rings is 1. The van der Waals surface area contributed by atoms with Crippen LogP contribution in [-0.2, 0) is 4.74 Å². The molecule has 5 rings (SSSR count). The largest absolute Gasteiger partial charge is 0.493 e. The summed E-state index contributed by atoms with van der Waals surface area (Å²) >= 11 is 1.07. The molecule has 2 aromatic carbocycles. The fourth-order valence-electron chi connectivity index (χ4n) is 4.06. The van der Waals surface area contributed by atoms with Gasteiger partial charge in [-0.1, -0.05) is 23.5 Å². The Labute approximate surface area is 210 Å². The molecule has 11 heteroatoms. The molecule has 0 unspecified atom stereocenters.